The first kappa shape index (κ1) is 15.9. The molecule has 0 amide bonds. The van der Waals surface area contributed by atoms with Crippen LogP contribution in [0.4, 0.5) is 0 Å². The van der Waals surface area contributed by atoms with Gasteiger partial charge in [-0.3, -0.25) is 5.84 Å². The van der Waals surface area contributed by atoms with E-state index in [1.807, 2.05) is 29.2 Å². The number of nitrogens with zero attached hydrogens (tertiary/aromatic N) is 3. The predicted molar refractivity (Wildman–Crippen MR) is 91.0 cm³/mol. The zero-order valence-corrected chi connectivity index (χ0v) is 14.5. The molecule has 7 nitrogen and oxygen atoms in total. The first-order chi connectivity index (χ1) is 11.0. The highest BCUT2D eigenvalue weighted by Crippen LogP contribution is 2.26. The summed E-state index contributed by atoms with van der Waals surface area (Å²) >= 11 is 8.60. The van der Waals surface area contributed by atoms with Gasteiger partial charge in [-0.05, 0) is 36.5 Å². The fraction of sp³-hybridized carbons (Fsp3) is 0.214. The third kappa shape index (κ3) is 2.94. The second-order valence-corrected chi connectivity index (χ2v) is 6.42. The van der Waals surface area contributed by atoms with Crippen LogP contribution in [0.1, 0.15) is 21.7 Å². The number of carboxylic acid groups (broad SMARTS) is 1. The average molecular weight is 397 g/mol. The summed E-state index contributed by atoms with van der Waals surface area (Å²) < 4.78 is 2.67. The van der Waals surface area contributed by atoms with Crippen LogP contribution < -0.4 is 11.3 Å². The van der Waals surface area contributed by atoms with Crippen molar-refractivity contribution in [1.29, 1.82) is 0 Å². The molecule has 0 saturated heterocycles. The number of halogens is 1. The summed E-state index contributed by atoms with van der Waals surface area (Å²) in [6.07, 6.45) is 0.660. The number of fused-ring (bicyclic) bond motifs is 1. The van der Waals surface area contributed by atoms with Crippen LogP contribution in [0.2, 0.25) is 0 Å². The van der Waals surface area contributed by atoms with Crippen molar-refractivity contribution in [2.24, 2.45) is 0 Å². The van der Waals surface area contributed by atoms with E-state index in [2.05, 4.69) is 32.3 Å². The highest BCUT2D eigenvalue weighted by molar-refractivity contribution is 9.10. The zero-order valence-electron chi connectivity index (χ0n) is 12.1. The molecule has 9 heteroatoms. The molecule has 0 radical (unpaired) electrons. The van der Waals surface area contributed by atoms with E-state index in [1.165, 1.54) is 0 Å². The number of carbonyl (C=O) groups is 1. The average Bonchev–Trinajstić information content (AvgIpc) is 2.93. The first-order valence-corrected chi connectivity index (χ1v) is 8.13. The standard InChI is InChI=1S/C14H14BrN5O2S/c15-8-1-3-9(4-2-8)20-11-5-6-19(14(23)17-16)7-10(11)12(18-20)13(21)22/h1-4H,5-7,16H2,(H,17,23)(H,21,22)/p+1. The number of benzene rings is 1. The topological polar surface area (TPSA) is 98.0 Å². The highest BCUT2D eigenvalue weighted by atomic mass is 79.9. The van der Waals surface area contributed by atoms with E-state index in [0.717, 1.165) is 15.9 Å². The second-order valence-electron chi connectivity index (χ2n) is 5.12. The number of hydrogen-bond donors (Lipinski definition) is 3. The van der Waals surface area contributed by atoms with Gasteiger partial charge in [0.1, 0.15) is 0 Å². The number of thiocarbonyl (C=S) groups is 1. The molecule has 1 aromatic heterocycles. The molecule has 1 aliphatic rings. The van der Waals surface area contributed by atoms with Gasteiger partial charge in [0.2, 0.25) is 5.11 Å². The third-order valence-electron chi connectivity index (χ3n) is 3.77. The monoisotopic (exact) mass is 396 g/mol. The van der Waals surface area contributed by atoms with E-state index < -0.39 is 5.97 Å². The quantitative estimate of drug-likeness (QED) is 0.511. The Hall–Kier alpha value is -1.97. The van der Waals surface area contributed by atoms with Crippen molar-refractivity contribution in [2.45, 2.75) is 13.0 Å². The molecule has 5 N–H and O–H groups in total. The van der Waals surface area contributed by atoms with Crippen LogP contribution in [0, 0.1) is 0 Å². The molecule has 2 heterocycles. The Balaban J connectivity index is 2.06. The number of quaternary nitrogens is 1. The SMILES string of the molecule is [NH3+]NC(=S)N1CCc2c(c(C(=O)O)nn2-c2ccc(Br)cc2)C1. The van der Waals surface area contributed by atoms with Gasteiger partial charge in [-0.15, -0.1) is 0 Å². The third-order valence-corrected chi connectivity index (χ3v) is 4.70. The smallest absolute Gasteiger partial charge is 0.356 e. The molecular weight excluding hydrogens is 382 g/mol. The molecule has 3 rings (SSSR count). The van der Waals surface area contributed by atoms with Crippen LogP contribution in [-0.2, 0) is 13.0 Å². The summed E-state index contributed by atoms with van der Waals surface area (Å²) in [5.74, 6) is 2.53. The fourth-order valence-corrected chi connectivity index (χ4v) is 3.09. The lowest BCUT2D eigenvalue weighted by atomic mass is 10.1. The highest BCUT2D eigenvalue weighted by Gasteiger charge is 2.29. The van der Waals surface area contributed by atoms with Crippen molar-refractivity contribution >= 4 is 39.2 Å². The lowest BCUT2D eigenvalue weighted by Crippen LogP contribution is -2.69. The Morgan fingerprint density at radius 3 is 2.70 bits per heavy atom. The molecule has 1 aromatic carbocycles. The summed E-state index contributed by atoms with van der Waals surface area (Å²) in [4.78, 5) is 13.4. The molecule has 23 heavy (non-hydrogen) atoms. The Kier molecular flexibility index (Phi) is 4.33. The fourth-order valence-electron chi connectivity index (χ4n) is 2.67. The van der Waals surface area contributed by atoms with E-state index in [-0.39, 0.29) is 5.69 Å². The van der Waals surface area contributed by atoms with Crippen LogP contribution in [-0.4, -0.2) is 37.4 Å². The summed E-state index contributed by atoms with van der Waals surface area (Å²) in [6.45, 7) is 1.10. The van der Waals surface area contributed by atoms with E-state index in [0.29, 0.717) is 30.2 Å². The normalized spacial score (nSPS) is 13.6. The maximum Gasteiger partial charge on any atom is 0.356 e. The minimum Gasteiger partial charge on any atom is -0.476 e. The van der Waals surface area contributed by atoms with Gasteiger partial charge in [0.15, 0.2) is 5.69 Å². The summed E-state index contributed by atoms with van der Waals surface area (Å²) in [5, 5.41) is 14.3. The van der Waals surface area contributed by atoms with Gasteiger partial charge in [0, 0.05) is 29.5 Å². The number of rotatable bonds is 2. The summed E-state index contributed by atoms with van der Waals surface area (Å²) in [5.41, 5.74) is 5.20. The molecule has 0 saturated carbocycles. The van der Waals surface area contributed by atoms with Crippen LogP contribution >= 0.6 is 28.1 Å². The molecule has 120 valence electrons. The number of aromatic carboxylic acids is 1. The van der Waals surface area contributed by atoms with E-state index in [4.69, 9.17) is 12.2 Å². The summed E-state index contributed by atoms with van der Waals surface area (Å²) in [7, 11) is 0. The van der Waals surface area contributed by atoms with E-state index in [9.17, 15) is 9.90 Å². The largest absolute Gasteiger partial charge is 0.476 e. The van der Waals surface area contributed by atoms with Gasteiger partial charge in [0.25, 0.3) is 0 Å². The first-order valence-electron chi connectivity index (χ1n) is 6.93. The molecule has 1 aliphatic heterocycles. The Morgan fingerprint density at radius 2 is 2.09 bits per heavy atom. The predicted octanol–water partition coefficient (Wildman–Crippen LogP) is 0.723. The maximum atomic E-state index is 11.6. The van der Waals surface area contributed by atoms with Crippen molar-refractivity contribution < 1.29 is 15.7 Å². The zero-order chi connectivity index (χ0) is 16.6. The molecular formula is C14H15BrN5O2S+. The minimum atomic E-state index is -1.03. The molecule has 0 atom stereocenters. The van der Waals surface area contributed by atoms with Crippen LogP contribution in [0.3, 0.4) is 0 Å². The van der Waals surface area contributed by atoms with Gasteiger partial charge in [0.05, 0.1) is 11.4 Å². The van der Waals surface area contributed by atoms with Gasteiger partial charge < -0.3 is 10.0 Å². The molecule has 0 aliphatic carbocycles. The lowest BCUT2D eigenvalue weighted by molar-refractivity contribution is -0.420. The number of hydrogen-bond acceptors (Lipinski definition) is 3. The second kappa shape index (κ2) is 6.26. The minimum absolute atomic E-state index is 0.0690. The molecule has 0 fully saturated rings. The Labute approximate surface area is 146 Å². The molecule has 0 unspecified atom stereocenters. The number of nitrogens with one attached hydrogen (secondary N) is 1. The van der Waals surface area contributed by atoms with Crippen LogP contribution in [0.15, 0.2) is 28.7 Å². The van der Waals surface area contributed by atoms with Crippen LogP contribution in [0.25, 0.3) is 5.69 Å². The molecule has 0 spiro atoms. The van der Waals surface area contributed by atoms with Crippen molar-refractivity contribution in [3.05, 3.63) is 45.7 Å². The van der Waals surface area contributed by atoms with Crippen molar-refractivity contribution in [3.8, 4) is 5.69 Å². The number of carboxylic acids is 1. The van der Waals surface area contributed by atoms with Crippen molar-refractivity contribution in [1.82, 2.24) is 20.1 Å². The van der Waals surface area contributed by atoms with Gasteiger partial charge >= 0.3 is 5.97 Å². The van der Waals surface area contributed by atoms with E-state index in [1.54, 1.807) is 4.68 Å². The Morgan fingerprint density at radius 1 is 1.39 bits per heavy atom. The molecule has 2 aromatic rings. The Bertz CT molecular complexity index is 774. The van der Waals surface area contributed by atoms with Crippen LogP contribution in [0.5, 0.6) is 0 Å². The number of aromatic nitrogens is 2. The lowest BCUT2D eigenvalue weighted by Gasteiger charge is -2.28. The van der Waals surface area contributed by atoms with E-state index >= 15 is 0 Å². The van der Waals surface area contributed by atoms with Gasteiger partial charge in [-0.1, -0.05) is 15.9 Å². The van der Waals surface area contributed by atoms with Crippen molar-refractivity contribution in [3.63, 3.8) is 0 Å². The van der Waals surface area contributed by atoms with Gasteiger partial charge in [-0.2, -0.15) is 5.10 Å². The summed E-state index contributed by atoms with van der Waals surface area (Å²) in [6, 6.07) is 7.61. The van der Waals surface area contributed by atoms with Gasteiger partial charge in [-0.25, -0.2) is 14.9 Å². The maximum absolute atomic E-state index is 11.6. The van der Waals surface area contributed by atoms with Crippen molar-refractivity contribution in [2.75, 3.05) is 6.54 Å². The molecule has 0 bridgehead atoms.